The molecule has 0 aromatic heterocycles. The normalized spacial score (nSPS) is 10.1. The molecule has 2 N–H and O–H groups in total. The van der Waals surface area contributed by atoms with Crippen LogP contribution in [-0.2, 0) is 4.79 Å². The molecule has 0 spiro atoms. The molecule has 0 atom stereocenters. The minimum Gasteiger partial charge on any atom is -0.373 e. The summed E-state index contributed by atoms with van der Waals surface area (Å²) in [5, 5.41) is 5.55. The van der Waals surface area contributed by atoms with Crippen LogP contribution in [0.4, 0.5) is 10.1 Å². The Morgan fingerprint density at radius 3 is 2.59 bits per heavy atom. The summed E-state index contributed by atoms with van der Waals surface area (Å²) in [7, 11) is 3.63. The molecular weight excluding hydrogens is 221 g/mol. The Morgan fingerprint density at radius 1 is 1.35 bits per heavy atom. The molecule has 94 valence electrons. The number of likely N-dealkylation sites (N-methyl/N-ethyl adjacent to an activating group) is 2. The van der Waals surface area contributed by atoms with Crippen molar-refractivity contribution < 1.29 is 9.18 Å². The van der Waals surface area contributed by atoms with Gasteiger partial charge in [-0.3, -0.25) is 4.79 Å². The zero-order valence-corrected chi connectivity index (χ0v) is 10.2. The Labute approximate surface area is 101 Å². The third-order valence-corrected chi connectivity index (χ3v) is 2.37. The van der Waals surface area contributed by atoms with E-state index in [4.69, 9.17) is 0 Å². The highest BCUT2D eigenvalue weighted by Gasteiger charge is 2.02. The molecule has 4 nitrogen and oxygen atoms in total. The predicted molar refractivity (Wildman–Crippen MR) is 66.6 cm³/mol. The Bertz CT molecular complexity index is 353. The number of halogens is 1. The Hall–Kier alpha value is -1.62. The number of anilines is 1. The van der Waals surface area contributed by atoms with Crippen LogP contribution in [0.5, 0.6) is 0 Å². The molecule has 0 aliphatic heterocycles. The predicted octanol–water partition coefficient (Wildman–Crippen LogP) is 0.597. The number of hydrogen-bond acceptors (Lipinski definition) is 3. The molecular formula is C12H18FN3O. The SMILES string of the molecule is CNCC(=O)NCCN(C)c1ccc(F)cc1. The summed E-state index contributed by atoms with van der Waals surface area (Å²) in [5.41, 5.74) is 0.925. The Balaban J connectivity index is 2.32. The van der Waals surface area contributed by atoms with Gasteiger partial charge >= 0.3 is 0 Å². The Kier molecular flexibility index (Phi) is 5.42. The van der Waals surface area contributed by atoms with Crippen molar-refractivity contribution in [3.63, 3.8) is 0 Å². The summed E-state index contributed by atoms with van der Waals surface area (Å²) in [6.07, 6.45) is 0. The van der Waals surface area contributed by atoms with Gasteiger partial charge in [-0.1, -0.05) is 0 Å². The van der Waals surface area contributed by atoms with E-state index in [0.29, 0.717) is 19.6 Å². The molecule has 1 aromatic rings. The molecule has 0 unspecified atom stereocenters. The van der Waals surface area contributed by atoms with E-state index in [9.17, 15) is 9.18 Å². The second kappa shape index (κ2) is 6.85. The molecule has 1 rings (SSSR count). The molecule has 0 fully saturated rings. The van der Waals surface area contributed by atoms with E-state index < -0.39 is 0 Å². The topological polar surface area (TPSA) is 44.4 Å². The van der Waals surface area contributed by atoms with Crippen LogP contribution < -0.4 is 15.5 Å². The highest BCUT2D eigenvalue weighted by atomic mass is 19.1. The van der Waals surface area contributed by atoms with E-state index in [-0.39, 0.29) is 11.7 Å². The molecule has 0 saturated carbocycles. The van der Waals surface area contributed by atoms with Gasteiger partial charge in [-0.15, -0.1) is 0 Å². The third-order valence-electron chi connectivity index (χ3n) is 2.37. The van der Waals surface area contributed by atoms with Crippen LogP contribution in [0, 0.1) is 5.82 Å². The molecule has 0 radical (unpaired) electrons. The van der Waals surface area contributed by atoms with E-state index in [2.05, 4.69) is 10.6 Å². The second-order valence-corrected chi connectivity index (χ2v) is 3.78. The van der Waals surface area contributed by atoms with Crippen molar-refractivity contribution >= 4 is 11.6 Å². The maximum atomic E-state index is 12.7. The maximum Gasteiger partial charge on any atom is 0.234 e. The van der Waals surface area contributed by atoms with E-state index in [0.717, 1.165) is 5.69 Å². The standard InChI is InChI=1S/C12H18FN3O/c1-14-9-12(17)15-7-8-16(2)11-5-3-10(13)4-6-11/h3-6,14H,7-9H2,1-2H3,(H,15,17). The first-order valence-electron chi connectivity index (χ1n) is 5.51. The van der Waals surface area contributed by atoms with Gasteiger partial charge < -0.3 is 15.5 Å². The number of nitrogens with zero attached hydrogens (tertiary/aromatic N) is 1. The van der Waals surface area contributed by atoms with Gasteiger partial charge in [0, 0.05) is 25.8 Å². The first kappa shape index (κ1) is 13.4. The zero-order chi connectivity index (χ0) is 12.7. The lowest BCUT2D eigenvalue weighted by Gasteiger charge is -2.19. The number of carbonyl (C=O) groups excluding carboxylic acids is 1. The first-order valence-corrected chi connectivity index (χ1v) is 5.51. The fourth-order valence-electron chi connectivity index (χ4n) is 1.41. The van der Waals surface area contributed by atoms with Gasteiger partial charge in [-0.05, 0) is 31.3 Å². The van der Waals surface area contributed by atoms with Crippen LogP contribution >= 0.6 is 0 Å². The summed E-state index contributed by atoms with van der Waals surface area (Å²) in [6, 6.07) is 6.27. The average Bonchev–Trinajstić information content (AvgIpc) is 2.30. The van der Waals surface area contributed by atoms with Crippen LogP contribution in [0.1, 0.15) is 0 Å². The van der Waals surface area contributed by atoms with Crippen molar-refractivity contribution in [2.45, 2.75) is 0 Å². The van der Waals surface area contributed by atoms with Crippen LogP contribution in [-0.4, -0.2) is 39.6 Å². The van der Waals surface area contributed by atoms with Crippen molar-refractivity contribution in [3.8, 4) is 0 Å². The van der Waals surface area contributed by atoms with Gasteiger partial charge in [0.1, 0.15) is 5.82 Å². The molecule has 0 aliphatic rings. The number of benzene rings is 1. The number of rotatable bonds is 6. The van der Waals surface area contributed by atoms with Gasteiger partial charge in [0.2, 0.25) is 5.91 Å². The minimum atomic E-state index is -0.246. The molecule has 17 heavy (non-hydrogen) atoms. The zero-order valence-electron chi connectivity index (χ0n) is 10.2. The largest absolute Gasteiger partial charge is 0.373 e. The van der Waals surface area contributed by atoms with Crippen molar-refractivity contribution in [2.24, 2.45) is 0 Å². The quantitative estimate of drug-likeness (QED) is 0.764. The van der Waals surface area contributed by atoms with E-state index in [1.807, 2.05) is 11.9 Å². The van der Waals surface area contributed by atoms with E-state index in [1.165, 1.54) is 12.1 Å². The molecule has 0 aliphatic carbocycles. The van der Waals surface area contributed by atoms with Crippen LogP contribution in [0.3, 0.4) is 0 Å². The number of hydrogen-bond donors (Lipinski definition) is 2. The lowest BCUT2D eigenvalue weighted by Crippen LogP contribution is -2.37. The monoisotopic (exact) mass is 239 g/mol. The molecule has 5 heteroatoms. The van der Waals surface area contributed by atoms with Gasteiger partial charge in [-0.2, -0.15) is 0 Å². The Morgan fingerprint density at radius 2 is 2.00 bits per heavy atom. The smallest absolute Gasteiger partial charge is 0.234 e. The van der Waals surface area contributed by atoms with E-state index >= 15 is 0 Å². The molecule has 0 bridgehead atoms. The van der Waals surface area contributed by atoms with Gasteiger partial charge in [0.25, 0.3) is 0 Å². The van der Waals surface area contributed by atoms with Crippen molar-refractivity contribution in [1.29, 1.82) is 0 Å². The van der Waals surface area contributed by atoms with E-state index in [1.54, 1.807) is 19.2 Å². The lowest BCUT2D eigenvalue weighted by molar-refractivity contribution is -0.120. The van der Waals surface area contributed by atoms with Gasteiger partial charge in [-0.25, -0.2) is 4.39 Å². The highest BCUT2D eigenvalue weighted by Crippen LogP contribution is 2.12. The fourth-order valence-corrected chi connectivity index (χ4v) is 1.41. The lowest BCUT2D eigenvalue weighted by atomic mass is 10.3. The molecule has 0 heterocycles. The van der Waals surface area contributed by atoms with Crippen LogP contribution in [0.15, 0.2) is 24.3 Å². The minimum absolute atomic E-state index is 0.0278. The van der Waals surface area contributed by atoms with Crippen molar-refractivity contribution in [3.05, 3.63) is 30.1 Å². The summed E-state index contributed by atoms with van der Waals surface area (Å²) in [6.45, 7) is 1.57. The third kappa shape index (κ3) is 4.82. The summed E-state index contributed by atoms with van der Waals surface area (Å²) < 4.78 is 12.7. The summed E-state index contributed by atoms with van der Waals surface area (Å²) in [5.74, 6) is -0.274. The number of carbonyl (C=O) groups is 1. The molecule has 0 saturated heterocycles. The molecule has 1 aromatic carbocycles. The number of amides is 1. The van der Waals surface area contributed by atoms with Gasteiger partial charge in [0.05, 0.1) is 6.54 Å². The van der Waals surface area contributed by atoms with Crippen molar-refractivity contribution in [1.82, 2.24) is 10.6 Å². The van der Waals surface area contributed by atoms with Crippen molar-refractivity contribution in [2.75, 3.05) is 38.6 Å². The first-order chi connectivity index (χ1) is 8.13. The summed E-state index contributed by atoms with van der Waals surface area (Å²) >= 11 is 0. The second-order valence-electron chi connectivity index (χ2n) is 3.78. The maximum absolute atomic E-state index is 12.7. The van der Waals surface area contributed by atoms with Crippen LogP contribution in [0.25, 0.3) is 0 Å². The van der Waals surface area contributed by atoms with Gasteiger partial charge in [0.15, 0.2) is 0 Å². The highest BCUT2D eigenvalue weighted by molar-refractivity contribution is 5.77. The summed E-state index contributed by atoms with van der Waals surface area (Å²) in [4.78, 5) is 13.1. The van der Waals surface area contributed by atoms with Crippen LogP contribution in [0.2, 0.25) is 0 Å². The fraction of sp³-hybridized carbons (Fsp3) is 0.417. The average molecular weight is 239 g/mol. The number of nitrogens with one attached hydrogen (secondary N) is 2. The molecule has 1 amide bonds.